The first-order valence-electron chi connectivity index (χ1n) is 15.5. The summed E-state index contributed by atoms with van der Waals surface area (Å²) in [7, 11) is 3.26. The van der Waals surface area contributed by atoms with E-state index in [-0.39, 0.29) is 54.2 Å². The molecule has 1 aromatic heterocycles. The highest BCUT2D eigenvalue weighted by atomic mass is 16.2. The van der Waals surface area contributed by atoms with Gasteiger partial charge in [0, 0.05) is 43.2 Å². The predicted octanol–water partition coefficient (Wildman–Crippen LogP) is 2.06. The minimum absolute atomic E-state index is 0.00942. The van der Waals surface area contributed by atoms with E-state index in [0.717, 1.165) is 36.8 Å². The number of nitrogens with one attached hydrogen (secondary N) is 4. The van der Waals surface area contributed by atoms with Gasteiger partial charge in [0.15, 0.2) is 0 Å². The van der Waals surface area contributed by atoms with Crippen LogP contribution in [0.2, 0.25) is 0 Å². The highest BCUT2D eigenvalue weighted by molar-refractivity contribution is 5.96. The predicted molar refractivity (Wildman–Crippen MR) is 163 cm³/mol. The Bertz CT molecular complexity index is 1590. The number of amides is 3. The molecule has 44 heavy (non-hydrogen) atoms. The second-order valence-corrected chi connectivity index (χ2v) is 12.7. The number of likely N-dealkylation sites (N-methyl/N-ethyl adjacent to an activating group) is 1. The number of benzene rings is 1. The summed E-state index contributed by atoms with van der Waals surface area (Å²) in [5, 5.41) is 27.6. The number of likely N-dealkylation sites (tertiary alicyclic amines) is 1. The summed E-state index contributed by atoms with van der Waals surface area (Å²) in [6.07, 6.45) is 9.92. The third-order valence-electron chi connectivity index (χ3n) is 10.0. The summed E-state index contributed by atoms with van der Waals surface area (Å²) >= 11 is 0. The van der Waals surface area contributed by atoms with Crippen LogP contribution in [0.4, 0.5) is 0 Å². The van der Waals surface area contributed by atoms with Crippen molar-refractivity contribution in [3.8, 4) is 6.07 Å². The minimum atomic E-state index is -0.708. The van der Waals surface area contributed by atoms with Crippen LogP contribution in [-0.4, -0.2) is 76.6 Å². The quantitative estimate of drug-likeness (QED) is 0.364. The van der Waals surface area contributed by atoms with Crippen molar-refractivity contribution in [2.45, 2.75) is 69.5 Å². The minimum Gasteiger partial charge on any atom is -0.355 e. The Kier molecular flexibility index (Phi) is 7.88. The van der Waals surface area contributed by atoms with Crippen molar-refractivity contribution in [2.24, 2.45) is 17.8 Å². The Morgan fingerprint density at radius 2 is 1.98 bits per heavy atom. The SMILES string of the molecule is CNC(=O)C1=CC2CCc3cc(C(=O)NC)ccc3C(C[C@H](C)NCC(=O)N3C(C#N)C[C@@H]4C[C@@H]43)(c3nnc(C)[nH]3)C2C=C1. The van der Waals surface area contributed by atoms with Gasteiger partial charge in [-0.15, -0.1) is 10.2 Å². The van der Waals surface area contributed by atoms with Crippen LogP contribution in [0.15, 0.2) is 42.0 Å². The molecule has 230 valence electrons. The number of nitrogens with zero attached hydrogens (tertiary/aromatic N) is 4. The summed E-state index contributed by atoms with van der Waals surface area (Å²) < 4.78 is 0. The molecule has 11 heteroatoms. The third-order valence-corrected chi connectivity index (χ3v) is 10.0. The number of aromatic amines is 1. The van der Waals surface area contributed by atoms with Crippen LogP contribution in [0, 0.1) is 36.0 Å². The number of aromatic nitrogens is 3. The first kappa shape index (κ1) is 29.8. The zero-order valence-electron chi connectivity index (χ0n) is 25.7. The molecule has 2 heterocycles. The molecule has 11 nitrogen and oxygen atoms in total. The highest BCUT2D eigenvalue weighted by Gasteiger charge is 2.54. The first-order valence-corrected chi connectivity index (χ1v) is 15.5. The van der Waals surface area contributed by atoms with E-state index in [1.165, 1.54) is 0 Å². The molecule has 4 unspecified atom stereocenters. The Morgan fingerprint density at radius 1 is 1.18 bits per heavy atom. The molecule has 0 bridgehead atoms. The summed E-state index contributed by atoms with van der Waals surface area (Å²) in [5.74, 6) is 1.48. The van der Waals surface area contributed by atoms with E-state index in [9.17, 15) is 19.6 Å². The second kappa shape index (κ2) is 11.7. The van der Waals surface area contributed by atoms with Crippen LogP contribution in [0.5, 0.6) is 0 Å². The molecule has 7 atom stereocenters. The second-order valence-electron chi connectivity index (χ2n) is 12.7. The highest BCUT2D eigenvalue weighted by Crippen LogP contribution is 2.52. The molecule has 4 N–H and O–H groups in total. The Hall–Kier alpha value is -4.30. The number of H-pyrrole nitrogens is 1. The van der Waals surface area contributed by atoms with Crippen LogP contribution in [0.25, 0.3) is 0 Å². The zero-order valence-corrected chi connectivity index (χ0v) is 25.7. The molecule has 3 aliphatic carbocycles. The normalized spacial score (nSPS) is 28.8. The number of carbonyl (C=O) groups excluding carboxylic acids is 3. The summed E-state index contributed by atoms with van der Waals surface area (Å²) in [6.45, 7) is 4.09. The van der Waals surface area contributed by atoms with Gasteiger partial charge in [-0.25, -0.2) is 0 Å². The van der Waals surface area contributed by atoms with Crippen LogP contribution in [-0.2, 0) is 21.4 Å². The topological polar surface area (TPSA) is 156 Å². The van der Waals surface area contributed by atoms with E-state index < -0.39 is 5.41 Å². The molecule has 4 aliphatic rings. The molecule has 2 fully saturated rings. The molecule has 1 aromatic carbocycles. The van der Waals surface area contributed by atoms with Crippen molar-refractivity contribution in [2.75, 3.05) is 20.6 Å². The van der Waals surface area contributed by atoms with E-state index in [0.29, 0.717) is 35.1 Å². The van der Waals surface area contributed by atoms with E-state index in [1.807, 2.05) is 31.2 Å². The molecule has 0 spiro atoms. The molecule has 1 saturated heterocycles. The molecule has 3 amide bonds. The number of hydrogen-bond donors (Lipinski definition) is 4. The van der Waals surface area contributed by atoms with Crippen molar-refractivity contribution in [3.05, 3.63) is 70.3 Å². The number of carbonyl (C=O) groups is 3. The maximum Gasteiger partial charge on any atom is 0.251 e. The maximum atomic E-state index is 13.3. The van der Waals surface area contributed by atoms with Gasteiger partial charge in [0.1, 0.15) is 17.7 Å². The van der Waals surface area contributed by atoms with Gasteiger partial charge in [0.2, 0.25) is 5.91 Å². The van der Waals surface area contributed by atoms with Gasteiger partial charge in [-0.05, 0) is 81.0 Å². The van der Waals surface area contributed by atoms with Crippen molar-refractivity contribution in [1.82, 2.24) is 36.0 Å². The average Bonchev–Trinajstić information content (AvgIpc) is 3.53. The number of rotatable bonds is 8. The monoisotopic (exact) mass is 596 g/mol. The number of hydrogen-bond acceptors (Lipinski definition) is 7. The van der Waals surface area contributed by atoms with E-state index in [4.69, 9.17) is 0 Å². The lowest BCUT2D eigenvalue weighted by Crippen LogP contribution is -2.48. The number of allylic oxidation sites excluding steroid dienone is 2. The van der Waals surface area contributed by atoms with Crippen molar-refractivity contribution < 1.29 is 14.4 Å². The molecule has 6 rings (SSSR count). The van der Waals surface area contributed by atoms with Crippen molar-refractivity contribution >= 4 is 17.7 Å². The van der Waals surface area contributed by atoms with Gasteiger partial charge < -0.3 is 25.8 Å². The summed E-state index contributed by atoms with van der Waals surface area (Å²) in [6, 6.07) is 7.90. The standard InChI is InChI=1S/C33H40N8O3/c1-18(37-17-29(42)41-25(16-34)13-24-14-28(24)41)15-33(32-38-19(2)39-40-32)26-9-7-22(30(43)35-3)11-20(26)5-6-21-12-23(31(44)36-4)8-10-27(21)33/h7-12,18,20,24-26,28,37H,5-6,13-15,17H2,1-4H3,(H,35,43)(H,36,44)(H,38,39,40)/t18-,20?,24+,25?,26?,28-,33?/m0/s1. The summed E-state index contributed by atoms with van der Waals surface area (Å²) in [4.78, 5) is 43.9. The van der Waals surface area contributed by atoms with E-state index in [2.05, 4.69) is 56.3 Å². The summed E-state index contributed by atoms with van der Waals surface area (Å²) in [5.41, 5.74) is 2.61. The van der Waals surface area contributed by atoms with Crippen molar-refractivity contribution in [3.63, 3.8) is 0 Å². The zero-order chi connectivity index (χ0) is 31.2. The van der Waals surface area contributed by atoms with Gasteiger partial charge in [-0.1, -0.05) is 24.3 Å². The fraction of sp³-hybridized carbons (Fsp3) is 0.515. The van der Waals surface area contributed by atoms with E-state index in [1.54, 1.807) is 19.0 Å². The van der Waals surface area contributed by atoms with Gasteiger partial charge in [0.25, 0.3) is 11.8 Å². The van der Waals surface area contributed by atoms with E-state index >= 15 is 0 Å². The van der Waals surface area contributed by atoms with Crippen LogP contribution in [0.1, 0.15) is 65.7 Å². The molecule has 0 radical (unpaired) electrons. The number of piperidine rings is 1. The molecule has 1 saturated carbocycles. The molecule has 2 aromatic rings. The molecular weight excluding hydrogens is 556 g/mol. The Balaban J connectivity index is 1.39. The lowest BCUT2D eigenvalue weighted by Gasteiger charge is -2.43. The number of nitriles is 1. The third kappa shape index (κ3) is 5.11. The van der Waals surface area contributed by atoms with Gasteiger partial charge in [-0.2, -0.15) is 5.26 Å². The molecule has 1 aliphatic heterocycles. The number of fused-ring (bicyclic) bond motifs is 3. The van der Waals surface area contributed by atoms with Gasteiger partial charge in [-0.3, -0.25) is 14.4 Å². The fourth-order valence-electron chi connectivity index (χ4n) is 7.87. The van der Waals surface area contributed by atoms with Gasteiger partial charge in [0.05, 0.1) is 18.0 Å². The average molecular weight is 597 g/mol. The smallest absolute Gasteiger partial charge is 0.251 e. The lowest BCUT2D eigenvalue weighted by atomic mass is 9.61. The first-order chi connectivity index (χ1) is 21.2. The Labute approximate surface area is 257 Å². The fourth-order valence-corrected chi connectivity index (χ4v) is 7.87. The van der Waals surface area contributed by atoms with Crippen molar-refractivity contribution in [1.29, 1.82) is 5.26 Å². The van der Waals surface area contributed by atoms with Crippen LogP contribution in [0.3, 0.4) is 0 Å². The maximum absolute atomic E-state index is 13.3. The van der Waals surface area contributed by atoms with Crippen LogP contribution < -0.4 is 16.0 Å². The van der Waals surface area contributed by atoms with Gasteiger partial charge >= 0.3 is 0 Å². The largest absolute Gasteiger partial charge is 0.355 e. The Morgan fingerprint density at radius 3 is 2.68 bits per heavy atom. The lowest BCUT2D eigenvalue weighted by molar-refractivity contribution is -0.131. The molecular formula is C33H40N8O3. The van der Waals surface area contributed by atoms with Crippen LogP contribution >= 0.6 is 0 Å². The number of aryl methyl sites for hydroxylation is 2.